The van der Waals surface area contributed by atoms with E-state index in [1.165, 1.54) is 13.1 Å². The number of hydrogen-bond acceptors (Lipinski definition) is 2. The van der Waals surface area contributed by atoms with Crippen molar-refractivity contribution in [1.29, 1.82) is 0 Å². The summed E-state index contributed by atoms with van der Waals surface area (Å²) < 4.78 is 0. The summed E-state index contributed by atoms with van der Waals surface area (Å²) in [6.45, 7) is 1.41. The zero-order valence-electron chi connectivity index (χ0n) is 5.89. The number of rotatable bonds is 1. The Balaban J connectivity index is 2.86. The molecule has 0 spiro atoms. The van der Waals surface area contributed by atoms with Crippen molar-refractivity contribution in [2.45, 2.75) is 6.92 Å². The van der Waals surface area contributed by atoms with Crippen LogP contribution in [0.4, 0.5) is 5.69 Å². The normalized spacial score (nSPS) is 9.27. The van der Waals surface area contributed by atoms with Crippen LogP contribution in [0.5, 0.6) is 0 Å². The van der Waals surface area contributed by atoms with E-state index >= 15 is 0 Å². The summed E-state index contributed by atoms with van der Waals surface area (Å²) >= 11 is 5.62. The number of pyridine rings is 1. The molecule has 0 unspecified atom stereocenters. The van der Waals surface area contributed by atoms with Gasteiger partial charge in [0.05, 0.1) is 5.69 Å². The Bertz CT molecular complexity index is 275. The Labute approximate surface area is 69.4 Å². The molecule has 1 heterocycles. The fourth-order valence-corrected chi connectivity index (χ4v) is 0.772. The highest BCUT2D eigenvalue weighted by Gasteiger charge is 1.99. The molecule has 0 saturated heterocycles. The van der Waals surface area contributed by atoms with E-state index in [0.717, 1.165) is 0 Å². The third kappa shape index (κ3) is 2.20. The van der Waals surface area contributed by atoms with E-state index in [1.54, 1.807) is 6.07 Å². The molecule has 0 aliphatic carbocycles. The van der Waals surface area contributed by atoms with Crippen LogP contribution in [0.3, 0.4) is 0 Å². The number of halogens is 1. The van der Waals surface area contributed by atoms with Crippen molar-refractivity contribution >= 4 is 23.2 Å². The van der Waals surface area contributed by atoms with Crippen molar-refractivity contribution in [3.8, 4) is 0 Å². The second-order valence-electron chi connectivity index (χ2n) is 1.95. The third-order valence-corrected chi connectivity index (χ3v) is 1.31. The minimum absolute atomic E-state index is 0.173. The average Bonchev–Trinajstić information content (AvgIpc) is 1.93. The molecule has 1 aromatic rings. The van der Waals surface area contributed by atoms with Crippen molar-refractivity contribution < 1.29 is 4.79 Å². The Morgan fingerprint density at radius 1 is 1.82 bits per heavy atom. The Kier molecular flexibility index (Phi) is 2.44. The van der Waals surface area contributed by atoms with Crippen LogP contribution in [0.25, 0.3) is 0 Å². The Hall–Kier alpha value is -1.09. The maximum atomic E-state index is 10.6. The summed E-state index contributed by atoms with van der Waals surface area (Å²) in [5.41, 5.74) is 0.488. The van der Waals surface area contributed by atoms with Gasteiger partial charge in [-0.3, -0.25) is 4.79 Å². The zero-order valence-corrected chi connectivity index (χ0v) is 6.64. The zero-order chi connectivity index (χ0) is 8.27. The summed E-state index contributed by atoms with van der Waals surface area (Å²) in [5, 5.41) is 2.79. The number of carbonyl (C=O) groups is 1. The number of anilines is 1. The summed E-state index contributed by atoms with van der Waals surface area (Å²) in [6, 6.07) is 4.26. The summed E-state index contributed by atoms with van der Waals surface area (Å²) in [5.74, 6) is -0.173. The van der Waals surface area contributed by atoms with Gasteiger partial charge in [-0.15, -0.1) is 0 Å². The molecule has 0 atom stereocenters. The number of carbonyl (C=O) groups excluding carboxylic acids is 1. The molecule has 0 aromatic carbocycles. The third-order valence-electron chi connectivity index (χ3n) is 1.01. The largest absolute Gasteiger partial charge is 0.324 e. The van der Waals surface area contributed by atoms with E-state index in [-0.39, 0.29) is 11.1 Å². The van der Waals surface area contributed by atoms with Crippen LogP contribution in [0, 0.1) is 6.07 Å². The molecule has 1 amide bonds. The maximum Gasteiger partial charge on any atom is 0.221 e. The van der Waals surface area contributed by atoms with Crippen LogP contribution in [0.1, 0.15) is 6.92 Å². The van der Waals surface area contributed by atoms with E-state index in [2.05, 4.69) is 16.4 Å². The number of nitrogens with one attached hydrogen (secondary N) is 1. The summed E-state index contributed by atoms with van der Waals surface area (Å²) in [7, 11) is 0. The Morgan fingerprint density at radius 3 is 3.09 bits per heavy atom. The molecular weight excluding hydrogens is 164 g/mol. The maximum absolute atomic E-state index is 10.6. The molecule has 1 radical (unpaired) electrons. The Morgan fingerprint density at radius 2 is 2.55 bits per heavy atom. The van der Waals surface area contributed by atoms with E-state index in [0.29, 0.717) is 5.69 Å². The first kappa shape index (κ1) is 8.01. The molecule has 0 aliphatic heterocycles. The predicted octanol–water partition coefficient (Wildman–Crippen LogP) is 1.49. The van der Waals surface area contributed by atoms with Crippen LogP contribution in [-0.4, -0.2) is 10.9 Å². The molecule has 3 nitrogen and oxygen atoms in total. The van der Waals surface area contributed by atoms with Gasteiger partial charge in [-0.05, 0) is 6.07 Å². The second-order valence-corrected chi connectivity index (χ2v) is 2.31. The van der Waals surface area contributed by atoms with Crippen molar-refractivity contribution in [3.63, 3.8) is 0 Å². The number of hydrogen-bond donors (Lipinski definition) is 1. The molecule has 0 saturated carbocycles. The van der Waals surface area contributed by atoms with E-state index in [9.17, 15) is 4.79 Å². The van der Waals surface area contributed by atoms with E-state index < -0.39 is 0 Å². The van der Waals surface area contributed by atoms with Gasteiger partial charge in [0, 0.05) is 19.2 Å². The summed E-state index contributed by atoms with van der Waals surface area (Å²) in [4.78, 5) is 14.3. The highest BCUT2D eigenvalue weighted by molar-refractivity contribution is 6.32. The lowest BCUT2D eigenvalue weighted by Gasteiger charge is -2.00. The molecule has 0 fully saturated rings. The molecule has 1 rings (SSSR count). The van der Waals surface area contributed by atoms with E-state index in [1.807, 2.05) is 0 Å². The molecule has 1 N–H and O–H groups in total. The minimum atomic E-state index is -0.173. The van der Waals surface area contributed by atoms with Crippen LogP contribution in [-0.2, 0) is 4.79 Å². The van der Waals surface area contributed by atoms with Gasteiger partial charge in [-0.25, -0.2) is 4.98 Å². The molecule has 57 valence electrons. The van der Waals surface area contributed by atoms with Crippen LogP contribution >= 0.6 is 11.6 Å². The molecule has 0 aliphatic rings. The standard InChI is InChI=1S/C7H6ClN2O/c1-5(11)10-6-3-2-4-9-7(6)8/h3-4H,1H3,(H,10,11). The van der Waals surface area contributed by atoms with Crippen molar-refractivity contribution in [1.82, 2.24) is 4.98 Å². The molecule has 11 heavy (non-hydrogen) atoms. The lowest BCUT2D eigenvalue weighted by atomic mass is 10.4. The second kappa shape index (κ2) is 3.34. The first-order valence-electron chi connectivity index (χ1n) is 2.99. The van der Waals surface area contributed by atoms with Gasteiger partial charge in [0.1, 0.15) is 0 Å². The topological polar surface area (TPSA) is 42.0 Å². The lowest BCUT2D eigenvalue weighted by Crippen LogP contribution is -2.06. The first-order valence-corrected chi connectivity index (χ1v) is 3.37. The van der Waals surface area contributed by atoms with Gasteiger partial charge < -0.3 is 5.32 Å². The number of aromatic nitrogens is 1. The van der Waals surface area contributed by atoms with Gasteiger partial charge >= 0.3 is 0 Å². The predicted molar refractivity (Wildman–Crippen MR) is 42.4 cm³/mol. The van der Waals surface area contributed by atoms with Gasteiger partial charge in [0.25, 0.3) is 0 Å². The number of nitrogens with zero attached hydrogens (tertiary/aromatic N) is 1. The molecule has 4 heteroatoms. The van der Waals surface area contributed by atoms with Crippen LogP contribution in [0.15, 0.2) is 12.3 Å². The number of amides is 1. The highest BCUT2D eigenvalue weighted by Crippen LogP contribution is 2.16. The highest BCUT2D eigenvalue weighted by atomic mass is 35.5. The SMILES string of the molecule is CC(=O)Nc1c[c]cnc1Cl. The van der Waals surface area contributed by atoms with Crippen LogP contribution in [0.2, 0.25) is 5.15 Å². The van der Waals surface area contributed by atoms with Gasteiger partial charge in [-0.2, -0.15) is 0 Å². The summed E-state index contributed by atoms with van der Waals surface area (Å²) in [6.07, 6.45) is 1.44. The smallest absolute Gasteiger partial charge is 0.221 e. The monoisotopic (exact) mass is 169 g/mol. The molecular formula is C7H6ClN2O. The van der Waals surface area contributed by atoms with Gasteiger partial charge in [0.2, 0.25) is 5.91 Å². The van der Waals surface area contributed by atoms with Gasteiger partial charge in [0.15, 0.2) is 5.15 Å². The molecule has 0 bridgehead atoms. The molecule has 1 aromatic heterocycles. The first-order chi connectivity index (χ1) is 5.20. The lowest BCUT2D eigenvalue weighted by molar-refractivity contribution is -0.114. The average molecular weight is 170 g/mol. The van der Waals surface area contributed by atoms with Crippen LogP contribution < -0.4 is 5.32 Å². The van der Waals surface area contributed by atoms with Gasteiger partial charge in [-0.1, -0.05) is 11.6 Å². The fourth-order valence-electron chi connectivity index (χ4n) is 0.621. The van der Waals surface area contributed by atoms with Crippen molar-refractivity contribution in [2.24, 2.45) is 0 Å². The minimum Gasteiger partial charge on any atom is -0.324 e. The fraction of sp³-hybridized carbons (Fsp3) is 0.143. The quantitative estimate of drug-likeness (QED) is 0.648. The van der Waals surface area contributed by atoms with E-state index in [4.69, 9.17) is 11.6 Å². The van der Waals surface area contributed by atoms with Crippen molar-refractivity contribution in [3.05, 3.63) is 23.5 Å². The van der Waals surface area contributed by atoms with Crippen molar-refractivity contribution in [2.75, 3.05) is 5.32 Å².